The molecular weight excluding hydrogens is 504 g/mol. The number of alkyl halides is 6. The lowest BCUT2D eigenvalue weighted by molar-refractivity contribution is -0.138. The standard InChI is InChI=1S/C21H19F6N3O4S/c22-20(23,24)13-2-1-3-17(8-13)35(32,33)29-7-6-19(31)30-12-16(9-15(30)11-29)34-18-5-4-14(10-28-18)21(25,26)27/h1-5,8,10,15-16H,6-7,9,11-12H2/t15-,16-/m1/s1. The molecular formula is C21H19F6N3O4S. The number of pyridine rings is 1. The third-order valence-corrected chi connectivity index (χ3v) is 7.70. The summed E-state index contributed by atoms with van der Waals surface area (Å²) in [6.45, 7) is -0.287. The molecule has 2 aromatic rings. The molecule has 2 aliphatic heterocycles. The van der Waals surface area contributed by atoms with Gasteiger partial charge in [-0.05, 0) is 24.3 Å². The average Bonchev–Trinajstić information content (AvgIpc) is 3.10. The largest absolute Gasteiger partial charge is 0.472 e. The van der Waals surface area contributed by atoms with E-state index in [1.165, 1.54) is 4.90 Å². The molecule has 190 valence electrons. The van der Waals surface area contributed by atoms with Gasteiger partial charge in [0.05, 0.1) is 22.6 Å². The summed E-state index contributed by atoms with van der Waals surface area (Å²) in [5.41, 5.74) is -2.06. The second-order valence-corrected chi connectivity index (χ2v) is 10.1. The summed E-state index contributed by atoms with van der Waals surface area (Å²) >= 11 is 0. The van der Waals surface area contributed by atoms with Crippen LogP contribution in [0.25, 0.3) is 0 Å². The lowest BCUT2D eigenvalue weighted by Crippen LogP contribution is -2.40. The van der Waals surface area contributed by atoms with Crippen molar-refractivity contribution in [1.82, 2.24) is 14.2 Å². The van der Waals surface area contributed by atoms with Gasteiger partial charge in [-0.1, -0.05) is 6.07 Å². The number of carbonyl (C=O) groups excluding carboxylic acids is 1. The highest BCUT2D eigenvalue weighted by atomic mass is 32.2. The lowest BCUT2D eigenvalue weighted by atomic mass is 10.2. The molecule has 2 saturated heterocycles. The molecule has 0 aliphatic carbocycles. The molecule has 1 aromatic carbocycles. The Morgan fingerprint density at radius 1 is 0.971 bits per heavy atom. The number of aromatic nitrogens is 1. The van der Waals surface area contributed by atoms with E-state index in [1.54, 1.807) is 0 Å². The van der Waals surface area contributed by atoms with Gasteiger partial charge in [0.1, 0.15) is 6.10 Å². The zero-order chi connectivity index (χ0) is 25.6. The third-order valence-electron chi connectivity index (χ3n) is 5.84. The number of rotatable bonds is 4. The van der Waals surface area contributed by atoms with Crippen LogP contribution < -0.4 is 4.74 Å². The molecule has 1 aromatic heterocycles. The summed E-state index contributed by atoms with van der Waals surface area (Å²) in [7, 11) is -4.33. The second-order valence-electron chi connectivity index (χ2n) is 8.20. The molecule has 7 nitrogen and oxygen atoms in total. The van der Waals surface area contributed by atoms with Crippen LogP contribution in [0.15, 0.2) is 47.5 Å². The Hall–Kier alpha value is -2.87. The molecule has 0 unspecified atom stereocenters. The number of nitrogens with zero attached hydrogens (tertiary/aromatic N) is 3. The van der Waals surface area contributed by atoms with Crippen molar-refractivity contribution in [2.45, 2.75) is 42.2 Å². The summed E-state index contributed by atoms with van der Waals surface area (Å²) in [5, 5.41) is 0. The quantitative estimate of drug-likeness (QED) is 0.573. The predicted molar refractivity (Wildman–Crippen MR) is 109 cm³/mol. The highest BCUT2D eigenvalue weighted by Crippen LogP contribution is 2.33. The van der Waals surface area contributed by atoms with Crippen LogP contribution in [0.3, 0.4) is 0 Å². The Morgan fingerprint density at radius 3 is 2.31 bits per heavy atom. The van der Waals surface area contributed by atoms with E-state index in [-0.39, 0.29) is 44.3 Å². The number of carbonyl (C=O) groups is 1. The summed E-state index contributed by atoms with van der Waals surface area (Å²) in [5.74, 6) is -0.440. The highest BCUT2D eigenvalue weighted by molar-refractivity contribution is 7.89. The number of halogens is 6. The zero-order valence-corrected chi connectivity index (χ0v) is 18.7. The van der Waals surface area contributed by atoms with Gasteiger partial charge in [-0.3, -0.25) is 4.79 Å². The van der Waals surface area contributed by atoms with Crippen molar-refractivity contribution >= 4 is 15.9 Å². The first kappa shape index (κ1) is 25.2. The van der Waals surface area contributed by atoms with E-state index in [4.69, 9.17) is 4.74 Å². The van der Waals surface area contributed by atoms with E-state index < -0.39 is 50.5 Å². The maximum atomic E-state index is 13.1. The van der Waals surface area contributed by atoms with Crippen molar-refractivity contribution in [3.63, 3.8) is 0 Å². The molecule has 2 atom stereocenters. The number of hydrogen-bond donors (Lipinski definition) is 0. The molecule has 0 saturated carbocycles. The number of benzene rings is 1. The van der Waals surface area contributed by atoms with Gasteiger partial charge >= 0.3 is 12.4 Å². The van der Waals surface area contributed by atoms with Gasteiger partial charge in [-0.2, -0.15) is 30.6 Å². The number of amides is 1. The summed E-state index contributed by atoms with van der Waals surface area (Å²) in [4.78, 5) is 17.1. The molecule has 0 N–H and O–H groups in total. The normalized spacial score (nSPS) is 22.1. The van der Waals surface area contributed by atoms with E-state index >= 15 is 0 Å². The molecule has 14 heteroatoms. The first-order chi connectivity index (χ1) is 16.2. The first-order valence-electron chi connectivity index (χ1n) is 10.4. The van der Waals surface area contributed by atoms with Crippen LogP contribution in [0.5, 0.6) is 5.88 Å². The Bertz CT molecular complexity index is 1200. The van der Waals surface area contributed by atoms with Gasteiger partial charge in [0.25, 0.3) is 0 Å². The summed E-state index contributed by atoms with van der Waals surface area (Å²) < 4.78 is 110. The number of sulfonamides is 1. The summed E-state index contributed by atoms with van der Waals surface area (Å²) in [6.07, 6.45) is -9.32. The van der Waals surface area contributed by atoms with Gasteiger partial charge < -0.3 is 9.64 Å². The monoisotopic (exact) mass is 523 g/mol. The van der Waals surface area contributed by atoms with Gasteiger partial charge in [0.2, 0.25) is 21.8 Å². The van der Waals surface area contributed by atoms with E-state index in [2.05, 4.69) is 4.98 Å². The van der Waals surface area contributed by atoms with Crippen molar-refractivity contribution in [3.05, 3.63) is 53.7 Å². The van der Waals surface area contributed by atoms with Gasteiger partial charge in [-0.15, -0.1) is 0 Å². The van der Waals surface area contributed by atoms with Crippen molar-refractivity contribution in [1.29, 1.82) is 0 Å². The number of ether oxygens (including phenoxy) is 1. The van der Waals surface area contributed by atoms with Gasteiger partial charge in [0, 0.05) is 44.2 Å². The SMILES string of the molecule is O=C1CCN(S(=O)(=O)c2cccc(C(F)(F)F)c2)C[C@H]2C[C@@H](Oc3ccc(C(F)(F)F)cn3)CN12. The molecule has 3 heterocycles. The van der Waals surface area contributed by atoms with Crippen LogP contribution in [0.1, 0.15) is 24.0 Å². The van der Waals surface area contributed by atoms with Crippen LogP contribution in [0.4, 0.5) is 26.3 Å². The van der Waals surface area contributed by atoms with E-state index in [0.717, 1.165) is 34.6 Å². The number of fused-ring (bicyclic) bond motifs is 1. The fourth-order valence-electron chi connectivity index (χ4n) is 4.12. The topological polar surface area (TPSA) is 79.8 Å². The van der Waals surface area contributed by atoms with Gasteiger partial charge in [-0.25, -0.2) is 13.4 Å². The minimum atomic E-state index is -4.72. The van der Waals surface area contributed by atoms with Crippen molar-refractivity contribution < 1.29 is 44.3 Å². The van der Waals surface area contributed by atoms with Crippen LogP contribution in [0, 0.1) is 0 Å². The van der Waals surface area contributed by atoms with Crippen molar-refractivity contribution in [2.24, 2.45) is 0 Å². The molecule has 4 rings (SSSR count). The van der Waals surface area contributed by atoms with E-state index in [0.29, 0.717) is 12.3 Å². The van der Waals surface area contributed by atoms with E-state index in [1.807, 2.05) is 0 Å². The number of hydrogen-bond acceptors (Lipinski definition) is 5. The maximum absolute atomic E-state index is 13.1. The second kappa shape index (κ2) is 8.97. The van der Waals surface area contributed by atoms with Gasteiger partial charge in [0.15, 0.2) is 0 Å². The minimum absolute atomic E-state index is 0.0731. The van der Waals surface area contributed by atoms with Crippen LogP contribution in [-0.4, -0.2) is 60.3 Å². The molecule has 2 aliphatic rings. The summed E-state index contributed by atoms with van der Waals surface area (Å²) in [6, 6.07) is 4.62. The Kier molecular flexibility index (Phi) is 6.47. The average molecular weight is 523 g/mol. The molecule has 35 heavy (non-hydrogen) atoms. The Labute approximate surface area is 196 Å². The molecule has 0 bridgehead atoms. The van der Waals surface area contributed by atoms with Crippen molar-refractivity contribution in [2.75, 3.05) is 19.6 Å². The smallest absolute Gasteiger partial charge is 0.417 e. The fraction of sp³-hybridized carbons (Fsp3) is 0.429. The fourth-order valence-corrected chi connectivity index (χ4v) is 5.64. The third kappa shape index (κ3) is 5.37. The van der Waals surface area contributed by atoms with Crippen molar-refractivity contribution in [3.8, 4) is 5.88 Å². The van der Waals surface area contributed by atoms with Crippen LogP contribution in [0.2, 0.25) is 0 Å². The lowest BCUT2D eigenvalue weighted by Gasteiger charge is -2.25. The minimum Gasteiger partial charge on any atom is -0.472 e. The van der Waals surface area contributed by atoms with E-state index in [9.17, 15) is 39.6 Å². The predicted octanol–water partition coefficient (Wildman–Crippen LogP) is 3.56. The first-order valence-corrected chi connectivity index (χ1v) is 11.9. The maximum Gasteiger partial charge on any atom is 0.417 e. The van der Waals surface area contributed by atoms with Crippen LogP contribution >= 0.6 is 0 Å². The molecule has 1 amide bonds. The zero-order valence-electron chi connectivity index (χ0n) is 17.9. The Balaban J connectivity index is 1.49. The van der Waals surface area contributed by atoms with Crippen LogP contribution in [-0.2, 0) is 27.2 Å². The molecule has 2 fully saturated rings. The molecule has 0 radical (unpaired) electrons. The highest BCUT2D eigenvalue weighted by Gasteiger charge is 2.42. The molecule has 0 spiro atoms. The Morgan fingerprint density at radius 2 is 1.69 bits per heavy atom.